The maximum absolute atomic E-state index is 12.3. The Morgan fingerprint density at radius 2 is 1.93 bits per heavy atom. The van der Waals surface area contributed by atoms with Crippen LogP contribution in [0, 0.1) is 6.92 Å². The van der Waals surface area contributed by atoms with Gasteiger partial charge < -0.3 is 11.1 Å². The summed E-state index contributed by atoms with van der Waals surface area (Å²) in [5.41, 5.74) is 7.31. The van der Waals surface area contributed by atoms with Crippen molar-refractivity contribution in [2.45, 2.75) is 6.92 Å². The van der Waals surface area contributed by atoms with E-state index < -0.39 is 5.91 Å². The minimum Gasteiger partial charge on any atom is -0.364 e. The number of hydrogen-bond donors (Lipinski definition) is 2. The Morgan fingerprint density at radius 1 is 1.19 bits per heavy atom. The van der Waals surface area contributed by atoms with Gasteiger partial charge in [0.25, 0.3) is 11.8 Å². The fraction of sp³-hybridized carbons (Fsp3) is 0.111. The Labute approximate surface area is 165 Å². The summed E-state index contributed by atoms with van der Waals surface area (Å²) >= 11 is 12.7. The molecule has 2 amide bonds. The van der Waals surface area contributed by atoms with Gasteiger partial charge in [-0.3, -0.25) is 9.59 Å². The number of carbonyl (C=O) groups excluding carboxylic acids is 2. The van der Waals surface area contributed by atoms with Crippen LogP contribution in [-0.4, -0.2) is 33.6 Å². The summed E-state index contributed by atoms with van der Waals surface area (Å²) in [6.07, 6.45) is 1.50. The zero-order valence-corrected chi connectivity index (χ0v) is 16.0. The van der Waals surface area contributed by atoms with Crippen molar-refractivity contribution >= 4 is 35.0 Å². The lowest BCUT2D eigenvalue weighted by Crippen LogP contribution is -2.19. The van der Waals surface area contributed by atoms with Gasteiger partial charge in [0.2, 0.25) is 0 Å². The highest BCUT2D eigenvalue weighted by molar-refractivity contribution is 6.36. The SMILES string of the molecule is CNC(=O)c1cccc(C)c1-c1nn(-c2ncccc2Cl)c(C(N)=O)c1Cl. The van der Waals surface area contributed by atoms with E-state index in [1.165, 1.54) is 17.9 Å². The Kier molecular flexibility index (Phi) is 5.16. The second-order valence-electron chi connectivity index (χ2n) is 5.67. The van der Waals surface area contributed by atoms with Gasteiger partial charge >= 0.3 is 0 Å². The van der Waals surface area contributed by atoms with E-state index >= 15 is 0 Å². The van der Waals surface area contributed by atoms with E-state index in [2.05, 4.69) is 15.4 Å². The third-order valence-corrected chi connectivity index (χ3v) is 4.63. The van der Waals surface area contributed by atoms with Crippen molar-refractivity contribution in [2.75, 3.05) is 7.05 Å². The quantitative estimate of drug-likeness (QED) is 0.698. The zero-order chi connectivity index (χ0) is 19.7. The molecule has 0 saturated heterocycles. The van der Waals surface area contributed by atoms with Crippen molar-refractivity contribution in [1.29, 1.82) is 0 Å². The van der Waals surface area contributed by atoms with Gasteiger partial charge in [-0.2, -0.15) is 5.10 Å². The number of nitrogens with two attached hydrogens (primary N) is 1. The van der Waals surface area contributed by atoms with Crippen molar-refractivity contribution in [3.8, 4) is 17.1 Å². The summed E-state index contributed by atoms with van der Waals surface area (Å²) in [5.74, 6) is -0.900. The highest BCUT2D eigenvalue weighted by atomic mass is 35.5. The molecule has 0 aliphatic heterocycles. The molecule has 9 heteroatoms. The predicted octanol–water partition coefficient (Wildman–Crippen LogP) is 3.01. The molecule has 3 N–H and O–H groups in total. The largest absolute Gasteiger partial charge is 0.364 e. The number of pyridine rings is 1. The molecule has 2 heterocycles. The fourth-order valence-corrected chi connectivity index (χ4v) is 3.27. The Balaban J connectivity index is 2.35. The number of nitrogens with one attached hydrogen (secondary N) is 1. The summed E-state index contributed by atoms with van der Waals surface area (Å²) in [4.78, 5) is 28.5. The molecule has 7 nitrogen and oxygen atoms in total. The molecule has 3 aromatic rings. The van der Waals surface area contributed by atoms with Crippen LogP contribution >= 0.6 is 23.2 Å². The van der Waals surface area contributed by atoms with Crippen molar-refractivity contribution in [1.82, 2.24) is 20.1 Å². The monoisotopic (exact) mass is 403 g/mol. The van der Waals surface area contributed by atoms with Crippen molar-refractivity contribution < 1.29 is 9.59 Å². The van der Waals surface area contributed by atoms with Crippen LogP contribution in [0.25, 0.3) is 17.1 Å². The molecule has 0 bridgehead atoms. The number of aromatic nitrogens is 3. The Hall–Kier alpha value is -2.90. The normalized spacial score (nSPS) is 10.7. The van der Waals surface area contributed by atoms with E-state index in [0.29, 0.717) is 11.1 Å². The number of hydrogen-bond acceptors (Lipinski definition) is 4. The number of primary amides is 1. The van der Waals surface area contributed by atoms with Crippen molar-refractivity contribution in [3.63, 3.8) is 0 Å². The van der Waals surface area contributed by atoms with Gasteiger partial charge in [0.1, 0.15) is 10.7 Å². The Bertz CT molecular complexity index is 1060. The molecule has 2 aromatic heterocycles. The standard InChI is InChI=1S/C18H15Cl2N5O2/c1-9-5-3-6-10(18(27)22-2)12(9)14-13(20)15(16(21)26)25(24-14)17-11(19)7-4-8-23-17/h3-8H,1-2H3,(H2,21,26)(H,22,27). The molecule has 138 valence electrons. The highest BCUT2D eigenvalue weighted by Crippen LogP contribution is 2.36. The number of amides is 2. The summed E-state index contributed by atoms with van der Waals surface area (Å²) in [5, 5.41) is 7.29. The molecular formula is C18H15Cl2N5O2. The van der Waals surface area contributed by atoms with E-state index in [0.717, 1.165) is 5.56 Å². The number of rotatable bonds is 4. The third kappa shape index (κ3) is 3.27. The van der Waals surface area contributed by atoms with E-state index in [4.69, 9.17) is 28.9 Å². The summed E-state index contributed by atoms with van der Waals surface area (Å²) in [6, 6.07) is 8.46. The van der Waals surface area contributed by atoms with Gasteiger partial charge in [-0.05, 0) is 30.7 Å². The van der Waals surface area contributed by atoms with Crippen LogP contribution in [-0.2, 0) is 0 Å². The molecule has 3 rings (SSSR count). The van der Waals surface area contributed by atoms with E-state index in [1.807, 2.05) is 13.0 Å². The highest BCUT2D eigenvalue weighted by Gasteiger charge is 2.27. The lowest BCUT2D eigenvalue weighted by atomic mass is 9.98. The second kappa shape index (κ2) is 7.38. The maximum Gasteiger partial charge on any atom is 0.269 e. The van der Waals surface area contributed by atoms with Gasteiger partial charge in [-0.25, -0.2) is 9.67 Å². The zero-order valence-electron chi connectivity index (χ0n) is 14.5. The minimum atomic E-state index is -0.796. The molecule has 0 spiro atoms. The van der Waals surface area contributed by atoms with Crippen molar-refractivity contribution in [3.05, 3.63) is 63.4 Å². The molecule has 0 aliphatic carbocycles. The fourth-order valence-electron chi connectivity index (χ4n) is 2.76. The lowest BCUT2D eigenvalue weighted by Gasteiger charge is -2.10. The molecule has 0 saturated carbocycles. The first-order valence-electron chi connectivity index (χ1n) is 7.88. The third-order valence-electron chi connectivity index (χ3n) is 3.98. The van der Waals surface area contributed by atoms with Crippen molar-refractivity contribution in [2.24, 2.45) is 5.73 Å². The molecular weight excluding hydrogens is 389 g/mol. The molecule has 0 atom stereocenters. The van der Waals surface area contributed by atoms with Crippen LogP contribution in [0.15, 0.2) is 36.5 Å². The van der Waals surface area contributed by atoms with Crippen LogP contribution in [0.3, 0.4) is 0 Å². The topological polar surface area (TPSA) is 103 Å². The molecule has 27 heavy (non-hydrogen) atoms. The van der Waals surface area contributed by atoms with Crippen LogP contribution in [0.4, 0.5) is 0 Å². The number of nitrogens with zero attached hydrogens (tertiary/aromatic N) is 3. The number of aryl methyl sites for hydroxylation is 1. The lowest BCUT2D eigenvalue weighted by molar-refractivity contribution is 0.0961. The molecule has 0 unspecified atom stereocenters. The first-order chi connectivity index (χ1) is 12.9. The van der Waals surface area contributed by atoms with E-state index in [9.17, 15) is 9.59 Å². The first kappa shape index (κ1) is 18.9. The molecule has 1 aromatic carbocycles. The average Bonchev–Trinajstić information content (AvgIpc) is 2.98. The van der Waals surface area contributed by atoms with Crippen LogP contribution in [0.1, 0.15) is 26.4 Å². The number of carbonyl (C=O) groups is 2. The Morgan fingerprint density at radius 3 is 2.56 bits per heavy atom. The van der Waals surface area contributed by atoms with Gasteiger partial charge in [0.05, 0.1) is 5.02 Å². The number of halogens is 2. The number of benzene rings is 1. The van der Waals surface area contributed by atoms with Gasteiger partial charge in [-0.15, -0.1) is 0 Å². The summed E-state index contributed by atoms with van der Waals surface area (Å²) in [6.45, 7) is 1.81. The van der Waals surface area contributed by atoms with E-state index in [1.54, 1.807) is 24.3 Å². The molecule has 0 aliphatic rings. The van der Waals surface area contributed by atoms with Crippen LogP contribution in [0.2, 0.25) is 10.0 Å². The van der Waals surface area contributed by atoms with Crippen LogP contribution < -0.4 is 11.1 Å². The smallest absolute Gasteiger partial charge is 0.269 e. The van der Waals surface area contributed by atoms with Gasteiger partial charge in [0, 0.05) is 24.4 Å². The molecule has 0 fully saturated rings. The summed E-state index contributed by atoms with van der Waals surface area (Å²) < 4.78 is 1.20. The maximum atomic E-state index is 12.3. The van der Waals surface area contributed by atoms with Gasteiger partial charge in [-0.1, -0.05) is 35.3 Å². The summed E-state index contributed by atoms with van der Waals surface area (Å²) in [7, 11) is 1.52. The first-order valence-corrected chi connectivity index (χ1v) is 8.63. The van der Waals surface area contributed by atoms with E-state index in [-0.39, 0.29) is 33.2 Å². The molecule has 0 radical (unpaired) electrons. The average molecular weight is 404 g/mol. The minimum absolute atomic E-state index is 0.0173. The predicted molar refractivity (Wildman–Crippen MR) is 103 cm³/mol. The second-order valence-corrected chi connectivity index (χ2v) is 6.46. The van der Waals surface area contributed by atoms with Crippen LogP contribution in [0.5, 0.6) is 0 Å². The van der Waals surface area contributed by atoms with Gasteiger partial charge in [0.15, 0.2) is 11.5 Å².